The molecule has 272 valence electrons. The second kappa shape index (κ2) is 15.6. The normalized spacial score (nSPS) is 12.4. The highest BCUT2D eigenvalue weighted by Crippen LogP contribution is 2.39. The van der Waals surface area contributed by atoms with E-state index in [2.05, 4.69) is 66.7 Å². The molecule has 8 aromatic rings. The third-order valence-corrected chi connectivity index (χ3v) is 10.4. The number of nitrogens with one attached hydrogen (secondary N) is 2. The average Bonchev–Trinajstić information content (AvgIpc) is 3.30. The summed E-state index contributed by atoms with van der Waals surface area (Å²) in [5.41, 5.74) is 14.2. The van der Waals surface area contributed by atoms with Gasteiger partial charge in [0.2, 0.25) is 0 Å². The van der Waals surface area contributed by atoms with E-state index < -0.39 is 0 Å². The average molecular weight is 742 g/mol. The van der Waals surface area contributed by atoms with Crippen molar-refractivity contribution in [3.05, 3.63) is 217 Å². The van der Waals surface area contributed by atoms with Gasteiger partial charge in [0.05, 0.1) is 34.4 Å². The second-order valence-electron chi connectivity index (χ2n) is 14.1. The first-order chi connectivity index (χ1) is 28.5. The van der Waals surface area contributed by atoms with Crippen LogP contribution in [0.15, 0.2) is 200 Å². The van der Waals surface area contributed by atoms with Crippen molar-refractivity contribution >= 4 is 22.6 Å². The lowest BCUT2D eigenvalue weighted by Gasteiger charge is -2.21. The number of benzene rings is 7. The molecule has 1 aliphatic rings. The van der Waals surface area contributed by atoms with Gasteiger partial charge in [0.15, 0.2) is 5.82 Å². The molecule has 1 heterocycles. The molecule has 0 unspecified atom stereocenters. The van der Waals surface area contributed by atoms with Crippen molar-refractivity contribution in [2.75, 3.05) is 0 Å². The molecule has 7 aromatic carbocycles. The Bertz CT molecular complexity index is 2920. The van der Waals surface area contributed by atoms with Crippen molar-refractivity contribution in [2.45, 2.75) is 0 Å². The van der Waals surface area contributed by atoms with Gasteiger partial charge in [0.1, 0.15) is 0 Å². The minimum atomic E-state index is 0.169. The van der Waals surface area contributed by atoms with Crippen LogP contribution in [0.2, 0.25) is 0 Å². The maximum atomic E-state index is 10.2. The zero-order valence-corrected chi connectivity index (χ0v) is 31.4. The second-order valence-corrected chi connectivity index (χ2v) is 14.1. The Morgan fingerprint density at radius 3 is 1.52 bits per heavy atom. The van der Waals surface area contributed by atoms with Crippen LogP contribution < -0.4 is 0 Å². The van der Waals surface area contributed by atoms with E-state index in [1.165, 1.54) is 0 Å². The van der Waals surface area contributed by atoms with Crippen LogP contribution in [0.1, 0.15) is 16.7 Å². The Labute approximate surface area is 337 Å². The van der Waals surface area contributed by atoms with Gasteiger partial charge in [-0.1, -0.05) is 164 Å². The van der Waals surface area contributed by atoms with Gasteiger partial charge in [-0.25, -0.2) is 9.97 Å². The summed E-state index contributed by atoms with van der Waals surface area (Å²) in [6.07, 6.45) is 3.90. The fourth-order valence-corrected chi connectivity index (χ4v) is 7.52. The highest BCUT2D eigenvalue weighted by molar-refractivity contribution is 6.68. The quantitative estimate of drug-likeness (QED) is 0.152. The van der Waals surface area contributed by atoms with E-state index in [1.54, 1.807) is 0 Å². The molecule has 58 heavy (non-hydrogen) atoms. The van der Waals surface area contributed by atoms with Crippen LogP contribution in [0.5, 0.6) is 0 Å². The van der Waals surface area contributed by atoms with E-state index in [0.717, 1.165) is 78.2 Å². The Balaban J connectivity index is 1.20. The number of allylic oxidation sites excluding steroid dienone is 4. The van der Waals surface area contributed by atoms with E-state index in [-0.39, 0.29) is 11.4 Å². The van der Waals surface area contributed by atoms with Gasteiger partial charge in [-0.2, -0.15) is 5.26 Å². The highest BCUT2D eigenvalue weighted by atomic mass is 14.9. The van der Waals surface area contributed by atoms with Crippen molar-refractivity contribution in [1.29, 1.82) is 16.1 Å². The van der Waals surface area contributed by atoms with Crippen LogP contribution >= 0.6 is 0 Å². The number of hydrogen-bond donors (Lipinski definition) is 2. The molecule has 0 spiro atoms. The first kappa shape index (κ1) is 35.6. The minimum absolute atomic E-state index is 0.169. The molecule has 0 saturated heterocycles. The first-order valence-corrected chi connectivity index (χ1v) is 19.0. The molecular formula is C53H35N5. The molecule has 1 aromatic heterocycles. The summed E-state index contributed by atoms with van der Waals surface area (Å²) in [7, 11) is 0. The minimum Gasteiger partial charge on any atom is -0.298 e. The molecule has 0 radical (unpaired) electrons. The molecule has 5 heteroatoms. The number of aromatic nitrogens is 2. The van der Waals surface area contributed by atoms with Gasteiger partial charge in [-0.05, 0) is 80.9 Å². The molecule has 0 aliphatic heterocycles. The lowest BCUT2D eigenvalue weighted by atomic mass is 9.83. The summed E-state index contributed by atoms with van der Waals surface area (Å²) >= 11 is 0. The lowest BCUT2D eigenvalue weighted by Crippen LogP contribution is -2.19. The predicted molar refractivity (Wildman–Crippen MR) is 237 cm³/mol. The van der Waals surface area contributed by atoms with E-state index in [4.69, 9.17) is 15.4 Å². The van der Waals surface area contributed by atoms with Gasteiger partial charge in [0, 0.05) is 27.8 Å². The largest absolute Gasteiger partial charge is 0.298 e. The highest BCUT2D eigenvalue weighted by Gasteiger charge is 2.24. The van der Waals surface area contributed by atoms with E-state index >= 15 is 0 Å². The zero-order valence-electron chi connectivity index (χ0n) is 31.4. The van der Waals surface area contributed by atoms with Crippen LogP contribution in [-0.4, -0.2) is 21.4 Å². The topological polar surface area (TPSA) is 97.3 Å². The fourth-order valence-electron chi connectivity index (χ4n) is 7.52. The van der Waals surface area contributed by atoms with Gasteiger partial charge in [-0.3, -0.25) is 10.8 Å². The maximum absolute atomic E-state index is 10.2. The van der Waals surface area contributed by atoms with E-state index in [1.807, 2.05) is 140 Å². The van der Waals surface area contributed by atoms with Crippen LogP contribution in [0, 0.1) is 22.1 Å². The molecule has 1 aliphatic carbocycles. The number of nitriles is 1. The standard InChI is InChI=1S/C53H35N5/c54-34-40-21-10-11-24-44(40)42-30-41(31-43(32-42)45-25-12-13-26-47(45)48-28-27-46(51(55)52(48)56)35-15-4-1-5-16-35)38-22-14-23-39(29-38)50-33-49(36-17-6-2-7-18-36)57-53(58-50)37-19-8-3-9-20-37/h1-33,55-56H. The molecule has 0 atom stereocenters. The third kappa shape index (κ3) is 6.99. The summed E-state index contributed by atoms with van der Waals surface area (Å²) in [5, 5.41) is 28.4. The SMILES string of the molecule is N#Cc1ccccc1-c1cc(-c2cccc(-c3cc(-c4ccccc4)nc(-c4ccccc4)n3)c2)cc(-c2ccccc2C2=CC=C(c3ccccc3)C(=N)C2=N)c1. The van der Waals surface area contributed by atoms with Crippen molar-refractivity contribution in [1.82, 2.24) is 9.97 Å². The van der Waals surface area contributed by atoms with Gasteiger partial charge >= 0.3 is 0 Å². The monoisotopic (exact) mass is 741 g/mol. The van der Waals surface area contributed by atoms with E-state index in [9.17, 15) is 10.7 Å². The Morgan fingerprint density at radius 1 is 0.362 bits per heavy atom. The summed E-state index contributed by atoms with van der Waals surface area (Å²) in [5.74, 6) is 0.651. The molecule has 9 rings (SSSR count). The summed E-state index contributed by atoms with van der Waals surface area (Å²) in [4.78, 5) is 10.1. The summed E-state index contributed by atoms with van der Waals surface area (Å²) in [6.45, 7) is 0. The van der Waals surface area contributed by atoms with Crippen molar-refractivity contribution < 1.29 is 0 Å². The molecule has 5 nitrogen and oxygen atoms in total. The van der Waals surface area contributed by atoms with Crippen molar-refractivity contribution in [3.63, 3.8) is 0 Å². The summed E-state index contributed by atoms with van der Waals surface area (Å²) in [6, 6.07) is 65.0. The summed E-state index contributed by atoms with van der Waals surface area (Å²) < 4.78 is 0. The van der Waals surface area contributed by atoms with Crippen LogP contribution in [0.3, 0.4) is 0 Å². The lowest BCUT2D eigenvalue weighted by molar-refractivity contribution is 1.18. The Morgan fingerprint density at radius 2 is 0.828 bits per heavy atom. The maximum Gasteiger partial charge on any atom is 0.160 e. The van der Waals surface area contributed by atoms with Crippen LogP contribution in [0.4, 0.5) is 0 Å². The van der Waals surface area contributed by atoms with Gasteiger partial charge in [0.25, 0.3) is 0 Å². The third-order valence-electron chi connectivity index (χ3n) is 10.4. The van der Waals surface area contributed by atoms with E-state index in [0.29, 0.717) is 17.0 Å². The predicted octanol–water partition coefficient (Wildman–Crippen LogP) is 12.9. The van der Waals surface area contributed by atoms with Gasteiger partial charge < -0.3 is 0 Å². The first-order valence-electron chi connectivity index (χ1n) is 19.0. The molecule has 0 amide bonds. The van der Waals surface area contributed by atoms with Crippen molar-refractivity contribution in [3.8, 4) is 73.4 Å². The van der Waals surface area contributed by atoms with Crippen molar-refractivity contribution in [2.24, 2.45) is 0 Å². The Kier molecular flexibility index (Phi) is 9.57. The zero-order chi connectivity index (χ0) is 39.4. The molecule has 0 bridgehead atoms. The van der Waals surface area contributed by atoms with Gasteiger partial charge in [-0.15, -0.1) is 0 Å². The number of hydrogen-bond acceptors (Lipinski definition) is 5. The van der Waals surface area contributed by atoms with Crippen LogP contribution in [-0.2, 0) is 0 Å². The molecule has 2 N–H and O–H groups in total. The number of rotatable bonds is 8. The number of nitrogens with zero attached hydrogens (tertiary/aromatic N) is 3. The fraction of sp³-hybridized carbons (Fsp3) is 0. The van der Waals surface area contributed by atoms with Crippen LogP contribution in [0.25, 0.3) is 78.4 Å². The Hall–Kier alpha value is -8.07. The molecule has 0 fully saturated rings. The smallest absolute Gasteiger partial charge is 0.160 e. The molecular weight excluding hydrogens is 707 g/mol. The molecule has 0 saturated carbocycles.